The van der Waals surface area contributed by atoms with Crippen LogP contribution in [0.15, 0.2) is 24.3 Å². The largest absolute Gasteiger partial charge is 0.348 e. The lowest BCUT2D eigenvalue weighted by Gasteiger charge is -2.15. The van der Waals surface area contributed by atoms with Crippen molar-refractivity contribution in [3.05, 3.63) is 34.9 Å². The molecule has 0 bridgehead atoms. The number of benzene rings is 1. The zero-order valence-electron chi connectivity index (χ0n) is 9.59. The molecule has 3 nitrogen and oxygen atoms in total. The van der Waals surface area contributed by atoms with Crippen LogP contribution in [0.5, 0.6) is 0 Å². The summed E-state index contributed by atoms with van der Waals surface area (Å²) in [6.45, 7) is 5.01. The van der Waals surface area contributed by atoms with E-state index in [9.17, 15) is 4.79 Å². The number of rotatable bonds is 5. The fraction of sp³-hybridized carbons (Fsp3) is 0.417. The first kappa shape index (κ1) is 13.0. The van der Waals surface area contributed by atoms with Crippen LogP contribution < -0.4 is 10.6 Å². The van der Waals surface area contributed by atoms with Crippen molar-refractivity contribution in [2.24, 2.45) is 0 Å². The van der Waals surface area contributed by atoms with E-state index in [1.165, 1.54) is 0 Å². The normalized spacial score (nSPS) is 12.2. The van der Waals surface area contributed by atoms with Crippen LogP contribution in [-0.4, -0.2) is 19.0 Å². The molecular formula is C12H17ClN2O. The van der Waals surface area contributed by atoms with Gasteiger partial charge in [0.05, 0.1) is 12.6 Å². The van der Waals surface area contributed by atoms with E-state index in [0.29, 0.717) is 11.6 Å². The van der Waals surface area contributed by atoms with Gasteiger partial charge in [-0.2, -0.15) is 0 Å². The first-order valence-corrected chi connectivity index (χ1v) is 5.77. The summed E-state index contributed by atoms with van der Waals surface area (Å²) in [5.41, 5.74) is 0.939. The van der Waals surface area contributed by atoms with Crippen LogP contribution >= 0.6 is 11.6 Å². The van der Waals surface area contributed by atoms with Crippen molar-refractivity contribution in [3.63, 3.8) is 0 Å². The lowest BCUT2D eigenvalue weighted by Crippen LogP contribution is -2.35. The number of hydrogen-bond donors (Lipinski definition) is 2. The summed E-state index contributed by atoms with van der Waals surface area (Å²) in [4.78, 5) is 11.5. The Bertz CT molecular complexity index is 355. The van der Waals surface area contributed by atoms with Crippen molar-refractivity contribution in [3.8, 4) is 0 Å². The Balaban J connectivity index is 2.55. The summed E-state index contributed by atoms with van der Waals surface area (Å²) < 4.78 is 0. The quantitative estimate of drug-likeness (QED) is 0.828. The number of carbonyl (C=O) groups excluding carboxylic acids is 1. The molecule has 0 radical (unpaired) electrons. The van der Waals surface area contributed by atoms with E-state index in [-0.39, 0.29) is 11.9 Å². The highest BCUT2D eigenvalue weighted by Crippen LogP contribution is 2.21. The van der Waals surface area contributed by atoms with E-state index in [1.807, 2.05) is 38.1 Å². The number of nitrogens with one attached hydrogen (secondary N) is 2. The Kier molecular flexibility index (Phi) is 5.29. The second kappa shape index (κ2) is 6.51. The van der Waals surface area contributed by atoms with Gasteiger partial charge in [-0.05, 0) is 25.1 Å². The van der Waals surface area contributed by atoms with Crippen molar-refractivity contribution in [1.29, 1.82) is 0 Å². The van der Waals surface area contributed by atoms with E-state index in [1.54, 1.807) is 0 Å². The van der Waals surface area contributed by atoms with E-state index in [4.69, 9.17) is 11.6 Å². The molecule has 1 atom stereocenters. The number of halogens is 1. The van der Waals surface area contributed by atoms with E-state index in [2.05, 4.69) is 10.6 Å². The topological polar surface area (TPSA) is 41.1 Å². The minimum atomic E-state index is -0.0696. The van der Waals surface area contributed by atoms with Crippen molar-refractivity contribution in [2.45, 2.75) is 19.9 Å². The zero-order valence-corrected chi connectivity index (χ0v) is 10.3. The predicted molar refractivity (Wildman–Crippen MR) is 66.6 cm³/mol. The average Bonchev–Trinajstić information content (AvgIpc) is 2.26. The summed E-state index contributed by atoms with van der Waals surface area (Å²) in [7, 11) is 0. The first-order chi connectivity index (χ1) is 7.65. The van der Waals surface area contributed by atoms with E-state index >= 15 is 0 Å². The minimum absolute atomic E-state index is 0.0192. The van der Waals surface area contributed by atoms with Gasteiger partial charge in [0.15, 0.2) is 0 Å². The Morgan fingerprint density at radius 2 is 2.12 bits per heavy atom. The maximum absolute atomic E-state index is 11.5. The molecule has 2 N–H and O–H groups in total. The predicted octanol–water partition coefficient (Wildman–Crippen LogP) is 2.13. The van der Waals surface area contributed by atoms with Gasteiger partial charge >= 0.3 is 0 Å². The summed E-state index contributed by atoms with van der Waals surface area (Å²) in [5, 5.41) is 6.54. The Hall–Kier alpha value is -1.06. The van der Waals surface area contributed by atoms with Gasteiger partial charge in [0, 0.05) is 5.02 Å². The maximum atomic E-state index is 11.5. The van der Waals surface area contributed by atoms with Gasteiger partial charge in [-0.3, -0.25) is 4.79 Å². The number of carbonyl (C=O) groups is 1. The van der Waals surface area contributed by atoms with E-state index in [0.717, 1.165) is 12.1 Å². The van der Waals surface area contributed by atoms with Crippen molar-refractivity contribution in [2.75, 3.05) is 13.1 Å². The fourth-order valence-electron chi connectivity index (χ4n) is 1.44. The molecule has 0 aromatic heterocycles. The second-order valence-electron chi connectivity index (χ2n) is 3.59. The molecule has 0 unspecified atom stereocenters. The van der Waals surface area contributed by atoms with Crippen LogP contribution in [0, 0.1) is 0 Å². The van der Waals surface area contributed by atoms with Gasteiger partial charge in [-0.15, -0.1) is 0 Å². The van der Waals surface area contributed by atoms with Crippen LogP contribution in [0.3, 0.4) is 0 Å². The monoisotopic (exact) mass is 240 g/mol. The SMILES string of the molecule is CCNCC(=O)N[C@H](C)c1ccccc1Cl. The molecule has 0 heterocycles. The summed E-state index contributed by atoms with van der Waals surface area (Å²) >= 11 is 6.04. The molecule has 0 aliphatic heterocycles. The molecule has 0 fully saturated rings. The molecule has 16 heavy (non-hydrogen) atoms. The zero-order chi connectivity index (χ0) is 12.0. The van der Waals surface area contributed by atoms with Crippen LogP contribution in [-0.2, 0) is 4.79 Å². The van der Waals surface area contributed by atoms with Gasteiger partial charge in [0.1, 0.15) is 0 Å². The lowest BCUT2D eigenvalue weighted by molar-refractivity contribution is -0.120. The van der Waals surface area contributed by atoms with Crippen LogP contribution in [0.2, 0.25) is 5.02 Å². The third-order valence-electron chi connectivity index (χ3n) is 2.28. The Labute approximate surface area is 101 Å². The van der Waals surface area contributed by atoms with Gasteiger partial charge in [-0.25, -0.2) is 0 Å². The maximum Gasteiger partial charge on any atom is 0.234 e. The van der Waals surface area contributed by atoms with Gasteiger partial charge in [0.25, 0.3) is 0 Å². The van der Waals surface area contributed by atoms with Crippen LogP contribution in [0.1, 0.15) is 25.5 Å². The highest BCUT2D eigenvalue weighted by molar-refractivity contribution is 6.31. The van der Waals surface area contributed by atoms with Crippen molar-refractivity contribution < 1.29 is 4.79 Å². The fourth-order valence-corrected chi connectivity index (χ4v) is 1.73. The number of likely N-dealkylation sites (N-methyl/N-ethyl adjacent to an activating group) is 1. The molecule has 0 aliphatic rings. The standard InChI is InChI=1S/C12H17ClN2O/c1-3-14-8-12(16)15-9(2)10-6-4-5-7-11(10)13/h4-7,9,14H,3,8H2,1-2H3,(H,15,16)/t9-/m1/s1. The molecule has 1 aromatic rings. The van der Waals surface area contributed by atoms with Gasteiger partial charge in [-0.1, -0.05) is 36.7 Å². The Morgan fingerprint density at radius 1 is 1.44 bits per heavy atom. The molecule has 0 spiro atoms. The van der Waals surface area contributed by atoms with Gasteiger partial charge in [0.2, 0.25) is 5.91 Å². The number of hydrogen-bond acceptors (Lipinski definition) is 2. The molecule has 4 heteroatoms. The molecular weight excluding hydrogens is 224 g/mol. The number of amides is 1. The van der Waals surface area contributed by atoms with E-state index < -0.39 is 0 Å². The summed E-state index contributed by atoms with van der Waals surface area (Å²) in [5.74, 6) is -0.0192. The van der Waals surface area contributed by atoms with Crippen LogP contribution in [0.25, 0.3) is 0 Å². The smallest absolute Gasteiger partial charge is 0.234 e. The third-order valence-corrected chi connectivity index (χ3v) is 2.63. The van der Waals surface area contributed by atoms with Crippen molar-refractivity contribution >= 4 is 17.5 Å². The molecule has 0 saturated heterocycles. The molecule has 1 amide bonds. The first-order valence-electron chi connectivity index (χ1n) is 5.39. The molecule has 1 aromatic carbocycles. The van der Waals surface area contributed by atoms with Gasteiger partial charge < -0.3 is 10.6 Å². The molecule has 88 valence electrons. The molecule has 1 rings (SSSR count). The summed E-state index contributed by atoms with van der Waals surface area (Å²) in [6, 6.07) is 7.46. The average molecular weight is 241 g/mol. The Morgan fingerprint density at radius 3 is 2.75 bits per heavy atom. The minimum Gasteiger partial charge on any atom is -0.348 e. The van der Waals surface area contributed by atoms with Crippen molar-refractivity contribution in [1.82, 2.24) is 10.6 Å². The highest BCUT2D eigenvalue weighted by Gasteiger charge is 2.11. The lowest BCUT2D eigenvalue weighted by atomic mass is 10.1. The van der Waals surface area contributed by atoms with Crippen LogP contribution in [0.4, 0.5) is 0 Å². The molecule has 0 saturated carbocycles. The second-order valence-corrected chi connectivity index (χ2v) is 4.00. The summed E-state index contributed by atoms with van der Waals surface area (Å²) in [6.07, 6.45) is 0. The third kappa shape index (κ3) is 3.83. The molecule has 0 aliphatic carbocycles. The highest BCUT2D eigenvalue weighted by atomic mass is 35.5.